The van der Waals surface area contributed by atoms with Gasteiger partial charge in [0, 0.05) is 18.3 Å². The first-order valence-corrected chi connectivity index (χ1v) is 7.71. The number of anilines is 1. The zero-order valence-corrected chi connectivity index (χ0v) is 13.1. The first-order chi connectivity index (χ1) is 11.7. The molecule has 24 heavy (non-hydrogen) atoms. The summed E-state index contributed by atoms with van der Waals surface area (Å²) in [4.78, 5) is 23.8. The van der Waals surface area contributed by atoms with Crippen molar-refractivity contribution in [1.29, 1.82) is 0 Å². The second-order valence-electron chi connectivity index (χ2n) is 5.35. The highest BCUT2D eigenvalue weighted by Gasteiger charge is 2.14. The van der Waals surface area contributed by atoms with E-state index in [9.17, 15) is 9.59 Å². The van der Waals surface area contributed by atoms with Crippen molar-refractivity contribution in [2.75, 3.05) is 18.5 Å². The average molecular weight is 326 g/mol. The van der Waals surface area contributed by atoms with Crippen molar-refractivity contribution in [2.45, 2.75) is 13.0 Å². The summed E-state index contributed by atoms with van der Waals surface area (Å²) >= 11 is 0. The fourth-order valence-corrected chi connectivity index (χ4v) is 2.33. The minimum Gasteiger partial charge on any atom is -0.486 e. The molecule has 0 saturated carbocycles. The van der Waals surface area contributed by atoms with E-state index < -0.39 is 0 Å². The third kappa shape index (κ3) is 4.25. The van der Waals surface area contributed by atoms with Crippen molar-refractivity contribution in [2.24, 2.45) is 0 Å². The third-order valence-corrected chi connectivity index (χ3v) is 3.48. The van der Waals surface area contributed by atoms with Crippen LogP contribution in [0.3, 0.4) is 0 Å². The molecule has 0 fully saturated rings. The van der Waals surface area contributed by atoms with Crippen LogP contribution in [0.5, 0.6) is 11.5 Å². The van der Waals surface area contributed by atoms with Crippen LogP contribution in [0.1, 0.15) is 12.0 Å². The minimum absolute atomic E-state index is 0.235. The van der Waals surface area contributed by atoms with E-state index in [1.54, 1.807) is 18.2 Å². The number of amides is 2. The zero-order valence-electron chi connectivity index (χ0n) is 13.1. The third-order valence-electron chi connectivity index (χ3n) is 3.48. The fourth-order valence-electron chi connectivity index (χ4n) is 2.33. The highest BCUT2D eigenvalue weighted by Crippen LogP contribution is 2.32. The first kappa shape index (κ1) is 15.9. The first-order valence-electron chi connectivity index (χ1n) is 7.71. The number of benzene rings is 2. The van der Waals surface area contributed by atoms with Crippen molar-refractivity contribution >= 4 is 17.5 Å². The predicted molar refractivity (Wildman–Crippen MR) is 89.0 cm³/mol. The molecule has 0 saturated heterocycles. The van der Waals surface area contributed by atoms with Crippen LogP contribution in [0.25, 0.3) is 0 Å². The lowest BCUT2D eigenvalue weighted by atomic mass is 10.2. The maximum absolute atomic E-state index is 12.0. The quantitative estimate of drug-likeness (QED) is 0.825. The van der Waals surface area contributed by atoms with Gasteiger partial charge in [0.2, 0.25) is 11.8 Å². The maximum Gasteiger partial charge on any atom is 0.233 e. The van der Waals surface area contributed by atoms with Crippen LogP contribution in [0.15, 0.2) is 48.5 Å². The lowest BCUT2D eigenvalue weighted by Gasteiger charge is -2.19. The van der Waals surface area contributed by atoms with E-state index in [2.05, 4.69) is 10.6 Å². The van der Waals surface area contributed by atoms with Gasteiger partial charge in [0.15, 0.2) is 11.5 Å². The molecule has 124 valence electrons. The maximum atomic E-state index is 12.0. The summed E-state index contributed by atoms with van der Waals surface area (Å²) in [6.45, 7) is 1.39. The average Bonchev–Trinajstić information content (AvgIpc) is 2.60. The molecule has 0 aliphatic carbocycles. The van der Waals surface area contributed by atoms with Gasteiger partial charge in [-0.3, -0.25) is 9.59 Å². The summed E-state index contributed by atoms with van der Waals surface area (Å²) in [5.41, 5.74) is 1.55. The van der Waals surface area contributed by atoms with Gasteiger partial charge in [-0.15, -0.1) is 0 Å². The summed E-state index contributed by atoms with van der Waals surface area (Å²) in [6.07, 6.45) is -0.235. The van der Waals surface area contributed by atoms with Gasteiger partial charge in [0.05, 0.1) is 0 Å². The zero-order chi connectivity index (χ0) is 16.8. The molecular weight excluding hydrogens is 308 g/mol. The van der Waals surface area contributed by atoms with Gasteiger partial charge < -0.3 is 20.1 Å². The molecule has 0 spiro atoms. The Labute approximate surface area is 139 Å². The molecule has 2 aromatic rings. The molecule has 1 aliphatic rings. The smallest absolute Gasteiger partial charge is 0.233 e. The number of hydrogen-bond acceptors (Lipinski definition) is 4. The monoisotopic (exact) mass is 326 g/mol. The Kier molecular flexibility index (Phi) is 4.96. The molecule has 2 N–H and O–H groups in total. The molecule has 6 heteroatoms. The Balaban J connectivity index is 1.49. The normalized spacial score (nSPS) is 12.3. The highest BCUT2D eigenvalue weighted by atomic mass is 16.6. The van der Waals surface area contributed by atoms with Crippen molar-refractivity contribution in [3.63, 3.8) is 0 Å². The van der Waals surface area contributed by atoms with Crippen LogP contribution in [-0.4, -0.2) is 25.0 Å². The van der Waals surface area contributed by atoms with Crippen molar-refractivity contribution < 1.29 is 19.1 Å². The van der Waals surface area contributed by atoms with Crippen LogP contribution < -0.4 is 20.1 Å². The Morgan fingerprint density at radius 3 is 2.46 bits per heavy atom. The number of ether oxygens (including phenoxy) is 2. The van der Waals surface area contributed by atoms with Gasteiger partial charge in [-0.25, -0.2) is 0 Å². The second kappa shape index (κ2) is 7.50. The van der Waals surface area contributed by atoms with Crippen molar-refractivity contribution in [3.05, 3.63) is 54.1 Å². The summed E-state index contributed by atoms with van der Waals surface area (Å²) < 4.78 is 10.9. The summed E-state index contributed by atoms with van der Waals surface area (Å²) in [5.74, 6) is 0.540. The van der Waals surface area contributed by atoms with E-state index in [4.69, 9.17) is 9.47 Å². The molecule has 2 amide bonds. The Morgan fingerprint density at radius 1 is 0.917 bits per heavy atom. The summed E-state index contributed by atoms with van der Waals surface area (Å²) in [6, 6.07) is 14.7. The lowest BCUT2D eigenvalue weighted by Crippen LogP contribution is -2.27. The molecule has 3 rings (SSSR count). The van der Waals surface area contributed by atoms with Gasteiger partial charge in [0.25, 0.3) is 0 Å². The van der Waals surface area contributed by atoms with Crippen LogP contribution in [0.2, 0.25) is 0 Å². The summed E-state index contributed by atoms with van der Waals surface area (Å²) in [7, 11) is 0. The van der Waals surface area contributed by atoms with E-state index in [0.29, 0.717) is 36.9 Å². The molecule has 1 heterocycles. The van der Waals surface area contributed by atoms with Gasteiger partial charge in [-0.2, -0.15) is 0 Å². The topological polar surface area (TPSA) is 76.7 Å². The Hall–Kier alpha value is -3.02. The van der Waals surface area contributed by atoms with Crippen molar-refractivity contribution in [1.82, 2.24) is 5.32 Å². The molecular formula is C18H18N2O4. The molecule has 0 bridgehead atoms. The van der Waals surface area contributed by atoms with Crippen LogP contribution in [-0.2, 0) is 16.1 Å². The number of nitrogens with one attached hydrogen (secondary N) is 2. The van der Waals surface area contributed by atoms with E-state index in [1.165, 1.54) is 0 Å². The number of fused-ring (bicyclic) bond motifs is 1. The van der Waals surface area contributed by atoms with Crippen molar-refractivity contribution in [3.8, 4) is 11.5 Å². The number of carbonyl (C=O) groups is 2. The minimum atomic E-state index is -0.378. The van der Waals surface area contributed by atoms with Gasteiger partial charge in [0.1, 0.15) is 19.6 Å². The number of carbonyl (C=O) groups excluding carboxylic acids is 2. The Morgan fingerprint density at radius 2 is 1.67 bits per heavy atom. The molecule has 2 aromatic carbocycles. The molecule has 0 radical (unpaired) electrons. The van der Waals surface area contributed by atoms with Gasteiger partial charge in [-0.1, -0.05) is 30.3 Å². The standard InChI is InChI=1S/C18H18N2O4/c21-17(19-12-13-4-2-1-3-5-13)11-18(22)20-14-6-7-15-16(10-14)24-9-8-23-15/h1-7,10H,8-9,11-12H2,(H,19,21)(H,20,22). The SMILES string of the molecule is O=C(CC(=O)Nc1ccc2c(c1)OCCO2)NCc1ccccc1. The van der Waals surface area contributed by atoms with E-state index in [-0.39, 0.29) is 18.2 Å². The molecule has 6 nitrogen and oxygen atoms in total. The van der Waals surface area contributed by atoms with Gasteiger partial charge >= 0.3 is 0 Å². The Bertz CT molecular complexity index is 731. The predicted octanol–water partition coefficient (Wildman–Crippen LogP) is 2.10. The molecule has 1 aliphatic heterocycles. The molecule has 0 unspecified atom stereocenters. The second-order valence-corrected chi connectivity index (χ2v) is 5.35. The van der Waals surface area contributed by atoms with E-state index >= 15 is 0 Å². The fraction of sp³-hybridized carbons (Fsp3) is 0.222. The van der Waals surface area contributed by atoms with E-state index in [0.717, 1.165) is 5.56 Å². The molecule has 0 atom stereocenters. The van der Waals surface area contributed by atoms with Crippen LogP contribution in [0, 0.1) is 0 Å². The summed E-state index contributed by atoms with van der Waals surface area (Å²) in [5, 5.41) is 5.41. The van der Waals surface area contributed by atoms with Gasteiger partial charge in [-0.05, 0) is 17.7 Å². The van der Waals surface area contributed by atoms with Crippen LogP contribution in [0.4, 0.5) is 5.69 Å². The number of rotatable bonds is 5. The van der Waals surface area contributed by atoms with Crippen LogP contribution >= 0.6 is 0 Å². The van der Waals surface area contributed by atoms with E-state index in [1.807, 2.05) is 30.3 Å². The largest absolute Gasteiger partial charge is 0.486 e. The molecule has 0 aromatic heterocycles. The lowest BCUT2D eigenvalue weighted by molar-refractivity contribution is -0.126. The number of hydrogen-bond donors (Lipinski definition) is 2. The highest BCUT2D eigenvalue weighted by molar-refractivity contribution is 6.03.